The average Bonchev–Trinajstić information content (AvgIpc) is 2.04. The predicted octanol–water partition coefficient (Wildman–Crippen LogP) is 2.19. The largest absolute Gasteiger partial charge is 0.505 e. The second-order valence-electron chi connectivity index (χ2n) is 1.86. The molecule has 0 radical (unpaired) electrons. The molecule has 5 heteroatoms. The fraction of sp³-hybridized carbons (Fsp3) is 0. The molecule has 1 aromatic carbocycles. The number of rotatable bonds is 2. The summed E-state index contributed by atoms with van der Waals surface area (Å²) >= 11 is 0. The highest BCUT2D eigenvalue weighted by molar-refractivity contribution is 5.57. The van der Waals surface area contributed by atoms with Crippen LogP contribution in [0, 0.1) is 9.81 Å². The zero-order chi connectivity index (χ0) is 8.27. The first-order valence-electron chi connectivity index (χ1n) is 2.77. The minimum Gasteiger partial charge on any atom is -0.505 e. The van der Waals surface area contributed by atoms with Crippen molar-refractivity contribution in [3.63, 3.8) is 0 Å². The van der Waals surface area contributed by atoms with Crippen LogP contribution in [-0.2, 0) is 0 Å². The summed E-state index contributed by atoms with van der Waals surface area (Å²) in [5, 5.41) is 14.0. The Morgan fingerprint density at radius 1 is 1.18 bits per heavy atom. The lowest BCUT2D eigenvalue weighted by Crippen LogP contribution is -1.66. The molecule has 0 amide bonds. The Labute approximate surface area is 61.6 Å². The molecule has 0 bridgehead atoms. The van der Waals surface area contributed by atoms with Gasteiger partial charge in [-0.05, 0) is 22.5 Å². The van der Waals surface area contributed by atoms with Crippen LogP contribution in [0.25, 0.3) is 0 Å². The van der Waals surface area contributed by atoms with Crippen LogP contribution in [0.2, 0.25) is 0 Å². The molecule has 56 valence electrons. The van der Waals surface area contributed by atoms with Gasteiger partial charge in [0.1, 0.15) is 17.1 Å². The molecule has 1 N–H and O–H groups in total. The molecule has 0 atom stereocenters. The van der Waals surface area contributed by atoms with E-state index in [1.165, 1.54) is 12.1 Å². The first kappa shape index (κ1) is 7.33. The standard InChI is InChI=1S/C6H4N2O3/c9-6-3-4(7-10)1-2-5(6)8-11/h1-3,9H. The molecule has 1 aromatic rings. The Morgan fingerprint density at radius 3 is 2.36 bits per heavy atom. The van der Waals surface area contributed by atoms with Crippen molar-refractivity contribution >= 4 is 11.4 Å². The third kappa shape index (κ3) is 1.37. The Balaban J connectivity index is 3.18. The molecule has 0 aliphatic carbocycles. The van der Waals surface area contributed by atoms with Gasteiger partial charge in [0, 0.05) is 6.07 Å². The average molecular weight is 152 g/mol. The molecular weight excluding hydrogens is 148 g/mol. The zero-order valence-electron chi connectivity index (χ0n) is 5.39. The van der Waals surface area contributed by atoms with Crippen molar-refractivity contribution in [2.75, 3.05) is 0 Å². The van der Waals surface area contributed by atoms with Gasteiger partial charge in [-0.1, -0.05) is 0 Å². The Bertz CT molecular complexity index is 298. The molecule has 0 saturated heterocycles. The third-order valence-corrected chi connectivity index (χ3v) is 1.16. The number of nitroso groups, excluding NO2 is 2. The predicted molar refractivity (Wildman–Crippen MR) is 39.0 cm³/mol. The van der Waals surface area contributed by atoms with Crippen LogP contribution < -0.4 is 0 Å². The molecule has 5 nitrogen and oxygen atoms in total. The highest BCUT2D eigenvalue weighted by Gasteiger charge is 2.01. The number of aromatic hydroxyl groups is 1. The van der Waals surface area contributed by atoms with E-state index in [0.717, 1.165) is 6.07 Å². The van der Waals surface area contributed by atoms with Gasteiger partial charge in [-0.15, -0.1) is 9.81 Å². The molecule has 11 heavy (non-hydrogen) atoms. The van der Waals surface area contributed by atoms with Gasteiger partial charge < -0.3 is 5.11 Å². The van der Waals surface area contributed by atoms with Crippen molar-refractivity contribution in [3.05, 3.63) is 28.0 Å². The Hall–Kier alpha value is -1.78. The van der Waals surface area contributed by atoms with Gasteiger partial charge in [-0.25, -0.2) is 0 Å². The molecule has 0 heterocycles. The molecule has 0 spiro atoms. The normalized spacial score (nSPS) is 9.09. The van der Waals surface area contributed by atoms with Crippen molar-refractivity contribution in [3.8, 4) is 5.75 Å². The summed E-state index contributed by atoms with van der Waals surface area (Å²) in [5.41, 5.74) is -0.0349. The lowest BCUT2D eigenvalue weighted by atomic mass is 10.3. The van der Waals surface area contributed by atoms with Crippen LogP contribution in [0.3, 0.4) is 0 Å². The van der Waals surface area contributed by atoms with Crippen LogP contribution in [0.4, 0.5) is 11.4 Å². The minimum atomic E-state index is -0.336. The maximum Gasteiger partial charge on any atom is 0.149 e. The highest BCUT2D eigenvalue weighted by Crippen LogP contribution is 2.29. The summed E-state index contributed by atoms with van der Waals surface area (Å²) in [6.07, 6.45) is 0. The van der Waals surface area contributed by atoms with E-state index in [4.69, 9.17) is 5.11 Å². The van der Waals surface area contributed by atoms with Gasteiger partial charge in [0.05, 0.1) is 0 Å². The van der Waals surface area contributed by atoms with E-state index in [1.807, 2.05) is 0 Å². The lowest BCUT2D eigenvalue weighted by molar-refractivity contribution is 0.477. The summed E-state index contributed by atoms with van der Waals surface area (Å²) in [6, 6.07) is 3.59. The van der Waals surface area contributed by atoms with Gasteiger partial charge in [-0.3, -0.25) is 0 Å². The minimum absolute atomic E-state index is 0.0647. The number of hydrogen-bond donors (Lipinski definition) is 1. The Kier molecular flexibility index (Phi) is 1.91. The van der Waals surface area contributed by atoms with E-state index in [2.05, 4.69) is 10.4 Å². The first-order valence-corrected chi connectivity index (χ1v) is 2.77. The fourth-order valence-corrected chi connectivity index (χ4v) is 0.646. The molecule has 0 fully saturated rings. The molecule has 0 aliphatic heterocycles. The van der Waals surface area contributed by atoms with Gasteiger partial charge in [0.25, 0.3) is 0 Å². The molecule has 0 unspecified atom stereocenters. The molecule has 1 rings (SSSR count). The van der Waals surface area contributed by atoms with Gasteiger partial charge in [-0.2, -0.15) is 0 Å². The monoisotopic (exact) mass is 152 g/mol. The molecule has 0 aromatic heterocycles. The number of hydrogen-bond acceptors (Lipinski definition) is 5. The summed E-state index contributed by atoms with van der Waals surface area (Å²) in [7, 11) is 0. The van der Waals surface area contributed by atoms with E-state index in [0.29, 0.717) is 0 Å². The van der Waals surface area contributed by atoms with Crippen LogP contribution >= 0.6 is 0 Å². The second kappa shape index (κ2) is 2.87. The topological polar surface area (TPSA) is 79.1 Å². The fourth-order valence-electron chi connectivity index (χ4n) is 0.646. The van der Waals surface area contributed by atoms with Gasteiger partial charge in [0.15, 0.2) is 0 Å². The van der Waals surface area contributed by atoms with E-state index in [-0.39, 0.29) is 17.1 Å². The molecule has 0 aliphatic rings. The van der Waals surface area contributed by atoms with E-state index < -0.39 is 0 Å². The lowest BCUT2D eigenvalue weighted by Gasteiger charge is -1.93. The van der Waals surface area contributed by atoms with Gasteiger partial charge in [0.2, 0.25) is 0 Å². The van der Waals surface area contributed by atoms with E-state index in [9.17, 15) is 9.81 Å². The van der Waals surface area contributed by atoms with Crippen LogP contribution in [0.15, 0.2) is 28.6 Å². The smallest absolute Gasteiger partial charge is 0.149 e. The third-order valence-electron chi connectivity index (χ3n) is 1.16. The Morgan fingerprint density at radius 2 is 1.91 bits per heavy atom. The molecule has 0 saturated carbocycles. The number of phenols is 1. The van der Waals surface area contributed by atoms with Crippen molar-refractivity contribution < 1.29 is 5.11 Å². The summed E-state index contributed by atoms with van der Waals surface area (Å²) in [5.74, 6) is -0.336. The number of nitrogens with zero attached hydrogens (tertiary/aromatic N) is 2. The number of phenolic OH excluding ortho intramolecular Hbond substituents is 1. The summed E-state index contributed by atoms with van der Waals surface area (Å²) in [6.45, 7) is 0. The number of benzene rings is 1. The van der Waals surface area contributed by atoms with Crippen molar-refractivity contribution in [2.45, 2.75) is 0 Å². The highest BCUT2D eigenvalue weighted by atomic mass is 16.3. The van der Waals surface area contributed by atoms with Gasteiger partial charge >= 0.3 is 0 Å². The van der Waals surface area contributed by atoms with E-state index >= 15 is 0 Å². The first-order chi connectivity index (χ1) is 5.27. The van der Waals surface area contributed by atoms with Crippen LogP contribution in [0.5, 0.6) is 5.75 Å². The van der Waals surface area contributed by atoms with Crippen molar-refractivity contribution in [1.82, 2.24) is 0 Å². The van der Waals surface area contributed by atoms with Crippen LogP contribution in [-0.4, -0.2) is 5.11 Å². The maximum absolute atomic E-state index is 9.91. The zero-order valence-corrected chi connectivity index (χ0v) is 5.39. The second-order valence-corrected chi connectivity index (χ2v) is 1.86. The molecular formula is C6H4N2O3. The van der Waals surface area contributed by atoms with Crippen molar-refractivity contribution in [2.24, 2.45) is 10.4 Å². The summed E-state index contributed by atoms with van der Waals surface area (Å²) < 4.78 is 0. The van der Waals surface area contributed by atoms with Crippen LogP contribution in [0.1, 0.15) is 0 Å². The quantitative estimate of drug-likeness (QED) is 0.659. The summed E-state index contributed by atoms with van der Waals surface area (Å²) in [4.78, 5) is 19.8. The van der Waals surface area contributed by atoms with E-state index in [1.54, 1.807) is 0 Å². The SMILES string of the molecule is O=Nc1ccc(N=O)c(O)c1. The van der Waals surface area contributed by atoms with Crippen molar-refractivity contribution in [1.29, 1.82) is 0 Å². The maximum atomic E-state index is 9.91.